The lowest BCUT2D eigenvalue weighted by atomic mass is 10.2. The standard InChI is InChI=1S/C21H22ClN3O2S/c1-3-10-25-20(27)18(13-19(26)23-17-9-5-7-15(22)12-17)28-21(25)24-16-8-4-6-14(2)11-16/h4-9,11-12,18H,3,10,13H2,1-2H3,(H,23,26). The molecule has 5 nitrogen and oxygen atoms in total. The molecule has 1 N–H and O–H groups in total. The molecule has 7 heteroatoms. The molecule has 0 bridgehead atoms. The first-order valence-corrected chi connectivity index (χ1v) is 10.4. The van der Waals surface area contributed by atoms with Crippen LogP contribution in [0.5, 0.6) is 0 Å². The molecule has 0 saturated carbocycles. The van der Waals surface area contributed by atoms with Crippen LogP contribution in [0.3, 0.4) is 0 Å². The highest BCUT2D eigenvalue weighted by molar-refractivity contribution is 8.15. The number of amides is 2. The zero-order valence-electron chi connectivity index (χ0n) is 15.8. The number of hydrogen-bond acceptors (Lipinski definition) is 4. The molecule has 0 radical (unpaired) electrons. The number of carbonyl (C=O) groups is 2. The van der Waals surface area contributed by atoms with Gasteiger partial charge in [0.2, 0.25) is 11.8 Å². The van der Waals surface area contributed by atoms with E-state index in [9.17, 15) is 9.59 Å². The highest BCUT2D eigenvalue weighted by atomic mass is 35.5. The minimum absolute atomic E-state index is 0.0699. The van der Waals surface area contributed by atoms with Crippen molar-refractivity contribution in [2.24, 2.45) is 4.99 Å². The first kappa shape index (κ1) is 20.4. The van der Waals surface area contributed by atoms with Crippen molar-refractivity contribution in [2.45, 2.75) is 31.9 Å². The number of anilines is 1. The average molecular weight is 416 g/mol. The molecule has 1 atom stereocenters. The third kappa shape index (κ3) is 5.14. The summed E-state index contributed by atoms with van der Waals surface area (Å²) in [5.74, 6) is -0.291. The average Bonchev–Trinajstić information content (AvgIpc) is 2.91. The van der Waals surface area contributed by atoms with Crippen LogP contribution in [0, 0.1) is 6.92 Å². The number of benzene rings is 2. The van der Waals surface area contributed by atoms with E-state index in [-0.39, 0.29) is 18.2 Å². The summed E-state index contributed by atoms with van der Waals surface area (Å²) in [6.07, 6.45) is 0.906. The van der Waals surface area contributed by atoms with Crippen molar-refractivity contribution in [1.82, 2.24) is 4.90 Å². The third-order valence-corrected chi connectivity index (χ3v) is 5.58. The van der Waals surface area contributed by atoms with Gasteiger partial charge < -0.3 is 5.32 Å². The summed E-state index contributed by atoms with van der Waals surface area (Å²) in [7, 11) is 0. The monoisotopic (exact) mass is 415 g/mol. The Bertz CT molecular complexity index is 916. The minimum atomic E-state index is -0.478. The molecule has 2 aromatic carbocycles. The number of hydrogen-bond donors (Lipinski definition) is 1. The number of aliphatic imine (C=N–C) groups is 1. The molecule has 0 aliphatic carbocycles. The molecular formula is C21H22ClN3O2S. The van der Waals surface area contributed by atoms with Gasteiger partial charge in [-0.05, 0) is 49.2 Å². The largest absolute Gasteiger partial charge is 0.326 e. The number of rotatable bonds is 6. The number of nitrogens with zero attached hydrogens (tertiary/aromatic N) is 2. The second-order valence-corrected chi connectivity index (χ2v) is 8.20. The topological polar surface area (TPSA) is 61.8 Å². The van der Waals surface area contributed by atoms with Crippen LogP contribution in [-0.2, 0) is 9.59 Å². The number of thioether (sulfide) groups is 1. The number of nitrogens with one attached hydrogen (secondary N) is 1. The fourth-order valence-electron chi connectivity index (χ4n) is 2.91. The Morgan fingerprint density at radius 1 is 1.25 bits per heavy atom. The van der Waals surface area contributed by atoms with Gasteiger partial charge in [0.25, 0.3) is 0 Å². The normalized spacial score (nSPS) is 18.0. The molecule has 1 heterocycles. The smallest absolute Gasteiger partial charge is 0.242 e. The zero-order chi connectivity index (χ0) is 20.1. The number of amidine groups is 1. The van der Waals surface area contributed by atoms with Gasteiger partial charge in [-0.25, -0.2) is 4.99 Å². The van der Waals surface area contributed by atoms with Crippen molar-refractivity contribution >= 4 is 51.7 Å². The van der Waals surface area contributed by atoms with E-state index in [2.05, 4.69) is 10.3 Å². The van der Waals surface area contributed by atoms with Gasteiger partial charge in [-0.15, -0.1) is 0 Å². The minimum Gasteiger partial charge on any atom is -0.326 e. The zero-order valence-corrected chi connectivity index (χ0v) is 17.4. The van der Waals surface area contributed by atoms with Crippen LogP contribution < -0.4 is 5.32 Å². The molecule has 28 heavy (non-hydrogen) atoms. The molecule has 0 aromatic heterocycles. The van der Waals surface area contributed by atoms with Crippen LogP contribution in [0.1, 0.15) is 25.3 Å². The molecule has 1 saturated heterocycles. The van der Waals surface area contributed by atoms with Crippen LogP contribution in [0.4, 0.5) is 11.4 Å². The van der Waals surface area contributed by atoms with Crippen molar-refractivity contribution in [3.8, 4) is 0 Å². The van der Waals surface area contributed by atoms with Gasteiger partial charge in [0.1, 0.15) is 5.25 Å². The molecule has 1 unspecified atom stereocenters. The Morgan fingerprint density at radius 3 is 2.75 bits per heavy atom. The summed E-state index contributed by atoms with van der Waals surface area (Å²) in [5.41, 5.74) is 2.53. The van der Waals surface area contributed by atoms with E-state index in [1.807, 2.05) is 38.1 Å². The van der Waals surface area contributed by atoms with Gasteiger partial charge in [-0.2, -0.15) is 0 Å². The first-order valence-electron chi connectivity index (χ1n) is 9.15. The Morgan fingerprint density at radius 2 is 2.04 bits per heavy atom. The Balaban J connectivity index is 1.73. The van der Waals surface area contributed by atoms with E-state index in [4.69, 9.17) is 11.6 Å². The van der Waals surface area contributed by atoms with E-state index in [0.717, 1.165) is 17.7 Å². The van der Waals surface area contributed by atoms with Crippen LogP contribution in [0.15, 0.2) is 53.5 Å². The SMILES string of the molecule is CCCN1C(=O)C(CC(=O)Nc2cccc(Cl)c2)SC1=Nc1cccc(C)c1. The van der Waals surface area contributed by atoms with E-state index < -0.39 is 5.25 Å². The predicted octanol–water partition coefficient (Wildman–Crippen LogP) is 5.02. The van der Waals surface area contributed by atoms with Gasteiger partial charge in [-0.1, -0.05) is 48.5 Å². The van der Waals surface area contributed by atoms with Crippen LogP contribution >= 0.6 is 23.4 Å². The number of carbonyl (C=O) groups excluding carboxylic acids is 2. The summed E-state index contributed by atoms with van der Waals surface area (Å²) >= 11 is 7.30. The molecule has 3 rings (SSSR count). The number of halogens is 1. The molecule has 0 spiro atoms. The quantitative estimate of drug-likeness (QED) is 0.720. The predicted molar refractivity (Wildman–Crippen MR) is 116 cm³/mol. The molecule has 2 amide bonds. The Labute approximate surface area is 174 Å². The van der Waals surface area contributed by atoms with Gasteiger partial charge in [0, 0.05) is 23.7 Å². The summed E-state index contributed by atoms with van der Waals surface area (Å²) in [5, 5.41) is 3.52. The van der Waals surface area contributed by atoms with E-state index in [0.29, 0.717) is 22.4 Å². The summed E-state index contributed by atoms with van der Waals surface area (Å²) in [6.45, 7) is 4.60. The van der Waals surface area contributed by atoms with Crippen LogP contribution in [0.2, 0.25) is 5.02 Å². The second kappa shape index (κ2) is 9.26. The van der Waals surface area contributed by atoms with Crippen molar-refractivity contribution in [1.29, 1.82) is 0 Å². The van der Waals surface area contributed by atoms with Gasteiger partial charge in [0.15, 0.2) is 5.17 Å². The summed E-state index contributed by atoms with van der Waals surface area (Å²) < 4.78 is 0. The first-order chi connectivity index (χ1) is 13.5. The van der Waals surface area contributed by atoms with E-state index >= 15 is 0 Å². The van der Waals surface area contributed by atoms with Crippen molar-refractivity contribution in [2.75, 3.05) is 11.9 Å². The molecule has 2 aromatic rings. The maximum atomic E-state index is 12.8. The van der Waals surface area contributed by atoms with Gasteiger partial charge in [0.05, 0.1) is 5.69 Å². The van der Waals surface area contributed by atoms with Crippen molar-refractivity contribution in [3.05, 3.63) is 59.1 Å². The second-order valence-electron chi connectivity index (χ2n) is 6.59. The van der Waals surface area contributed by atoms with Crippen LogP contribution in [0.25, 0.3) is 0 Å². The highest BCUT2D eigenvalue weighted by Crippen LogP contribution is 2.32. The van der Waals surface area contributed by atoms with Gasteiger partial charge >= 0.3 is 0 Å². The molecule has 1 fully saturated rings. The fraction of sp³-hybridized carbons (Fsp3) is 0.286. The van der Waals surface area contributed by atoms with E-state index in [1.54, 1.807) is 29.2 Å². The Hall–Kier alpha value is -2.31. The summed E-state index contributed by atoms with van der Waals surface area (Å²) in [4.78, 5) is 31.6. The van der Waals surface area contributed by atoms with Gasteiger partial charge in [-0.3, -0.25) is 14.5 Å². The summed E-state index contributed by atoms with van der Waals surface area (Å²) in [6, 6.07) is 14.8. The lowest BCUT2D eigenvalue weighted by Gasteiger charge is -2.15. The third-order valence-electron chi connectivity index (χ3n) is 4.17. The Kier molecular flexibility index (Phi) is 6.75. The maximum absolute atomic E-state index is 12.8. The molecule has 1 aliphatic heterocycles. The highest BCUT2D eigenvalue weighted by Gasteiger charge is 2.38. The lowest BCUT2D eigenvalue weighted by molar-refractivity contribution is -0.128. The van der Waals surface area contributed by atoms with Crippen molar-refractivity contribution < 1.29 is 9.59 Å². The van der Waals surface area contributed by atoms with Crippen LogP contribution in [-0.4, -0.2) is 33.7 Å². The fourth-order valence-corrected chi connectivity index (χ4v) is 4.28. The molecular weight excluding hydrogens is 394 g/mol. The molecule has 146 valence electrons. The van der Waals surface area contributed by atoms with E-state index in [1.165, 1.54) is 11.8 Å². The molecule has 1 aliphatic rings. The lowest BCUT2D eigenvalue weighted by Crippen LogP contribution is -2.34. The number of aryl methyl sites for hydroxylation is 1. The van der Waals surface area contributed by atoms with Crippen molar-refractivity contribution in [3.63, 3.8) is 0 Å². The maximum Gasteiger partial charge on any atom is 0.242 e.